The Morgan fingerprint density at radius 1 is 1.00 bits per heavy atom. The maximum atomic E-state index is 12.3. The predicted molar refractivity (Wildman–Crippen MR) is 83.2 cm³/mol. The summed E-state index contributed by atoms with van der Waals surface area (Å²) < 4.78 is 27.2. The fourth-order valence-electron chi connectivity index (χ4n) is 1.92. The normalized spacial score (nSPS) is 11.2. The fourth-order valence-corrected chi connectivity index (χ4v) is 3.05. The van der Waals surface area contributed by atoms with Crippen molar-refractivity contribution in [3.63, 3.8) is 0 Å². The number of benzene rings is 2. The second kappa shape index (κ2) is 5.69. The number of sulfonamides is 1. The molecule has 0 aliphatic carbocycles. The van der Waals surface area contributed by atoms with Gasteiger partial charge in [-0.1, -0.05) is 17.7 Å². The molecule has 2 rings (SSSR count). The summed E-state index contributed by atoms with van der Waals surface area (Å²) in [6.07, 6.45) is 0. The van der Waals surface area contributed by atoms with E-state index in [4.69, 9.17) is 0 Å². The minimum Gasteiger partial charge on any atom is -0.295 e. The molecular formula is C16H17NO3S. The van der Waals surface area contributed by atoms with E-state index in [0.717, 1.165) is 5.56 Å². The van der Waals surface area contributed by atoms with Crippen LogP contribution in [0.4, 0.5) is 5.69 Å². The molecule has 0 radical (unpaired) electrons. The van der Waals surface area contributed by atoms with Gasteiger partial charge in [-0.2, -0.15) is 0 Å². The SMILES string of the molecule is CC(=O)c1ccc(NS(=O)(=O)c2ccc(C)cc2)c(C)c1. The molecule has 5 heteroatoms. The number of carbonyl (C=O) groups excluding carboxylic acids is 1. The van der Waals surface area contributed by atoms with Crippen molar-refractivity contribution in [3.05, 3.63) is 59.2 Å². The van der Waals surface area contributed by atoms with E-state index in [9.17, 15) is 13.2 Å². The van der Waals surface area contributed by atoms with E-state index in [-0.39, 0.29) is 10.7 Å². The van der Waals surface area contributed by atoms with Crippen LogP contribution in [0.1, 0.15) is 28.4 Å². The molecule has 0 heterocycles. The first-order valence-electron chi connectivity index (χ1n) is 6.51. The molecule has 2 aromatic rings. The number of hydrogen-bond donors (Lipinski definition) is 1. The first kappa shape index (κ1) is 15.3. The first-order valence-corrected chi connectivity index (χ1v) is 7.99. The topological polar surface area (TPSA) is 63.2 Å². The molecule has 21 heavy (non-hydrogen) atoms. The third kappa shape index (κ3) is 3.49. The highest BCUT2D eigenvalue weighted by atomic mass is 32.2. The average molecular weight is 303 g/mol. The van der Waals surface area contributed by atoms with Gasteiger partial charge in [-0.3, -0.25) is 9.52 Å². The quantitative estimate of drug-likeness (QED) is 0.881. The number of rotatable bonds is 4. The van der Waals surface area contributed by atoms with Crippen molar-refractivity contribution in [2.45, 2.75) is 25.7 Å². The fraction of sp³-hybridized carbons (Fsp3) is 0.188. The van der Waals surface area contributed by atoms with Gasteiger partial charge in [-0.25, -0.2) is 8.42 Å². The highest BCUT2D eigenvalue weighted by molar-refractivity contribution is 7.92. The second-order valence-electron chi connectivity index (χ2n) is 5.00. The van der Waals surface area contributed by atoms with Crippen LogP contribution in [0.15, 0.2) is 47.4 Å². The van der Waals surface area contributed by atoms with Crippen molar-refractivity contribution < 1.29 is 13.2 Å². The van der Waals surface area contributed by atoms with Crippen LogP contribution in [-0.2, 0) is 10.0 Å². The highest BCUT2D eigenvalue weighted by Gasteiger charge is 2.15. The van der Waals surface area contributed by atoms with Gasteiger partial charge in [0.05, 0.1) is 10.6 Å². The largest absolute Gasteiger partial charge is 0.295 e. The Bertz CT molecular complexity index is 778. The number of carbonyl (C=O) groups is 1. The summed E-state index contributed by atoms with van der Waals surface area (Å²) in [7, 11) is -3.62. The molecule has 0 saturated heterocycles. The van der Waals surface area contributed by atoms with Crippen LogP contribution in [0.2, 0.25) is 0 Å². The van der Waals surface area contributed by atoms with E-state index in [0.29, 0.717) is 16.8 Å². The molecule has 0 aliphatic heterocycles. The molecule has 0 fully saturated rings. The number of Topliss-reactive ketones (excluding diaryl/α,β-unsaturated/α-hetero) is 1. The lowest BCUT2D eigenvalue weighted by Crippen LogP contribution is -2.14. The van der Waals surface area contributed by atoms with E-state index < -0.39 is 10.0 Å². The van der Waals surface area contributed by atoms with Crippen LogP contribution in [0.3, 0.4) is 0 Å². The zero-order chi connectivity index (χ0) is 15.6. The van der Waals surface area contributed by atoms with Gasteiger partial charge >= 0.3 is 0 Å². The summed E-state index contributed by atoms with van der Waals surface area (Å²) >= 11 is 0. The lowest BCUT2D eigenvalue weighted by molar-refractivity contribution is 0.101. The van der Waals surface area contributed by atoms with Crippen molar-refractivity contribution in [3.8, 4) is 0 Å². The maximum absolute atomic E-state index is 12.3. The van der Waals surface area contributed by atoms with Crippen molar-refractivity contribution in [1.82, 2.24) is 0 Å². The lowest BCUT2D eigenvalue weighted by Gasteiger charge is -2.11. The van der Waals surface area contributed by atoms with Crippen LogP contribution in [-0.4, -0.2) is 14.2 Å². The number of hydrogen-bond acceptors (Lipinski definition) is 3. The third-order valence-corrected chi connectivity index (χ3v) is 4.59. The zero-order valence-corrected chi connectivity index (χ0v) is 13.0. The lowest BCUT2D eigenvalue weighted by atomic mass is 10.1. The van der Waals surface area contributed by atoms with Crippen LogP contribution in [0.5, 0.6) is 0 Å². The van der Waals surface area contributed by atoms with Gasteiger partial charge in [-0.05, 0) is 56.7 Å². The molecule has 0 aliphatic rings. The van der Waals surface area contributed by atoms with Gasteiger partial charge in [0.15, 0.2) is 5.78 Å². The number of anilines is 1. The Balaban J connectivity index is 2.32. The second-order valence-corrected chi connectivity index (χ2v) is 6.69. The highest BCUT2D eigenvalue weighted by Crippen LogP contribution is 2.21. The molecule has 0 atom stereocenters. The first-order chi connectivity index (χ1) is 9.79. The van der Waals surface area contributed by atoms with Gasteiger partial charge in [0.25, 0.3) is 10.0 Å². The van der Waals surface area contributed by atoms with E-state index >= 15 is 0 Å². The molecule has 110 valence electrons. The Morgan fingerprint density at radius 3 is 2.14 bits per heavy atom. The number of aryl methyl sites for hydroxylation is 2. The molecule has 1 N–H and O–H groups in total. The van der Waals surface area contributed by atoms with Crippen molar-refractivity contribution in [2.24, 2.45) is 0 Å². The molecule has 4 nitrogen and oxygen atoms in total. The molecular weight excluding hydrogens is 286 g/mol. The molecule has 0 unspecified atom stereocenters. The van der Waals surface area contributed by atoms with Crippen LogP contribution >= 0.6 is 0 Å². The molecule has 0 saturated carbocycles. The van der Waals surface area contributed by atoms with Crippen molar-refractivity contribution in [1.29, 1.82) is 0 Å². The van der Waals surface area contributed by atoms with Gasteiger partial charge in [-0.15, -0.1) is 0 Å². The monoisotopic (exact) mass is 303 g/mol. The zero-order valence-electron chi connectivity index (χ0n) is 12.2. The Hall–Kier alpha value is -2.14. The standard InChI is InChI=1S/C16H17NO3S/c1-11-4-7-15(8-5-11)21(19,20)17-16-9-6-14(13(3)18)10-12(16)2/h4-10,17H,1-3H3. The minimum absolute atomic E-state index is 0.0500. The van der Waals surface area contributed by atoms with E-state index in [1.807, 2.05) is 6.92 Å². The Kier molecular flexibility index (Phi) is 4.14. The molecule has 2 aromatic carbocycles. The number of nitrogens with one attached hydrogen (secondary N) is 1. The van der Waals surface area contributed by atoms with Crippen LogP contribution in [0, 0.1) is 13.8 Å². The molecule has 0 amide bonds. The summed E-state index contributed by atoms with van der Waals surface area (Å²) in [6.45, 7) is 5.14. The number of ketones is 1. The summed E-state index contributed by atoms with van der Waals surface area (Å²) in [5, 5.41) is 0. The van der Waals surface area contributed by atoms with Crippen LogP contribution < -0.4 is 4.72 Å². The Labute approximate surface area is 124 Å². The smallest absolute Gasteiger partial charge is 0.261 e. The average Bonchev–Trinajstić information content (AvgIpc) is 2.41. The van der Waals surface area contributed by atoms with Gasteiger partial charge in [0.1, 0.15) is 0 Å². The summed E-state index contributed by atoms with van der Waals surface area (Å²) in [5.74, 6) is -0.0500. The van der Waals surface area contributed by atoms with Crippen molar-refractivity contribution >= 4 is 21.5 Å². The van der Waals surface area contributed by atoms with E-state index in [2.05, 4.69) is 4.72 Å². The molecule has 0 bridgehead atoms. The van der Waals surface area contributed by atoms with Gasteiger partial charge < -0.3 is 0 Å². The maximum Gasteiger partial charge on any atom is 0.261 e. The summed E-state index contributed by atoms with van der Waals surface area (Å²) in [4.78, 5) is 11.5. The van der Waals surface area contributed by atoms with Gasteiger partial charge in [0.2, 0.25) is 0 Å². The molecule has 0 aromatic heterocycles. The summed E-state index contributed by atoms with van der Waals surface area (Å²) in [6, 6.07) is 11.5. The minimum atomic E-state index is -3.62. The van der Waals surface area contributed by atoms with Crippen LogP contribution in [0.25, 0.3) is 0 Å². The van der Waals surface area contributed by atoms with E-state index in [1.54, 1.807) is 49.4 Å². The third-order valence-electron chi connectivity index (χ3n) is 3.21. The van der Waals surface area contributed by atoms with Crippen molar-refractivity contribution in [2.75, 3.05) is 4.72 Å². The molecule has 0 spiro atoms. The van der Waals surface area contributed by atoms with Gasteiger partial charge in [0, 0.05) is 5.56 Å². The van der Waals surface area contributed by atoms with E-state index in [1.165, 1.54) is 6.92 Å². The summed E-state index contributed by atoms with van der Waals surface area (Å²) in [5.41, 5.74) is 2.74. The Morgan fingerprint density at radius 2 is 1.62 bits per heavy atom. The predicted octanol–water partition coefficient (Wildman–Crippen LogP) is 3.31.